The number of hydrogen-bond acceptors (Lipinski definition) is 2. The normalized spacial score (nSPS) is 20.1. The van der Waals surface area contributed by atoms with Crippen molar-refractivity contribution < 1.29 is 18.0 Å². The predicted octanol–water partition coefficient (Wildman–Crippen LogP) is 5.21. The number of amides is 1. The summed E-state index contributed by atoms with van der Waals surface area (Å²) in [5, 5.41) is 7.58. The number of halogens is 3. The number of anilines is 1. The molecule has 1 aromatic carbocycles. The van der Waals surface area contributed by atoms with Gasteiger partial charge in [0.05, 0.1) is 5.69 Å². The van der Waals surface area contributed by atoms with Crippen molar-refractivity contribution in [1.82, 2.24) is 9.78 Å². The molecular weight excluding hydrogens is 391 g/mol. The Morgan fingerprint density at radius 1 is 1.20 bits per heavy atom. The molecule has 0 aliphatic heterocycles. The molecule has 2 aromatic rings. The number of aromatic nitrogens is 2. The largest absolute Gasteiger partial charge is 0.311 e. The zero-order valence-corrected chi connectivity index (χ0v) is 17.1. The molecule has 3 aliphatic rings. The Balaban J connectivity index is 1.42. The quantitative estimate of drug-likeness (QED) is 0.629. The second kappa shape index (κ2) is 7.13. The molecule has 1 aromatic heterocycles. The Morgan fingerprint density at radius 3 is 2.53 bits per heavy atom. The van der Waals surface area contributed by atoms with Crippen molar-refractivity contribution >= 4 is 11.7 Å². The van der Waals surface area contributed by atoms with Gasteiger partial charge in [-0.1, -0.05) is 6.42 Å². The molecule has 0 unspecified atom stereocenters. The maximum atomic E-state index is 14.2. The van der Waals surface area contributed by atoms with Crippen LogP contribution in [0.1, 0.15) is 74.1 Å². The minimum atomic E-state index is -1.20. The summed E-state index contributed by atoms with van der Waals surface area (Å²) in [5.41, 5.74) is 1.60. The summed E-state index contributed by atoms with van der Waals surface area (Å²) >= 11 is 0. The van der Waals surface area contributed by atoms with E-state index < -0.39 is 17.5 Å². The molecule has 1 N–H and O–H groups in total. The summed E-state index contributed by atoms with van der Waals surface area (Å²) in [6.07, 6.45) is 8.25. The highest BCUT2D eigenvalue weighted by Gasteiger charge is 2.54. The van der Waals surface area contributed by atoms with Gasteiger partial charge in [0.2, 0.25) is 5.91 Å². The van der Waals surface area contributed by atoms with Gasteiger partial charge in [-0.2, -0.15) is 5.10 Å². The zero-order chi connectivity index (χ0) is 21.0. The molecular formula is C23H26F3N3O. The van der Waals surface area contributed by atoms with Crippen molar-refractivity contribution in [3.8, 4) is 0 Å². The maximum absolute atomic E-state index is 14.2. The van der Waals surface area contributed by atoms with Gasteiger partial charge in [-0.25, -0.2) is 13.2 Å². The monoisotopic (exact) mass is 417 g/mol. The standard InChI is InChI=1S/C23H26F3N3O/c1-29-22(27-19(30)12-23(7-8-23)15-5-6-15)20(13-3-2-4-13)18(28-29)10-14-9-16(24)11-17(25)21(14)26/h9,11,13,15H,2-8,10,12H2,1H3,(H,27,30). The van der Waals surface area contributed by atoms with Gasteiger partial charge >= 0.3 is 0 Å². The minimum absolute atomic E-state index is 0.00231. The van der Waals surface area contributed by atoms with Crippen LogP contribution in [-0.2, 0) is 18.3 Å². The lowest BCUT2D eigenvalue weighted by Crippen LogP contribution is -2.22. The highest BCUT2D eigenvalue weighted by Crippen LogP contribution is 2.63. The van der Waals surface area contributed by atoms with Crippen molar-refractivity contribution in [2.24, 2.45) is 18.4 Å². The molecule has 7 heteroatoms. The predicted molar refractivity (Wildman–Crippen MR) is 107 cm³/mol. The van der Waals surface area contributed by atoms with E-state index in [1.54, 1.807) is 11.7 Å². The third-order valence-corrected chi connectivity index (χ3v) is 7.21. The summed E-state index contributed by atoms with van der Waals surface area (Å²) in [4.78, 5) is 12.8. The van der Waals surface area contributed by atoms with E-state index in [2.05, 4.69) is 10.4 Å². The first-order valence-electron chi connectivity index (χ1n) is 10.9. The lowest BCUT2D eigenvalue weighted by Gasteiger charge is -2.27. The van der Waals surface area contributed by atoms with Crippen LogP contribution in [0.5, 0.6) is 0 Å². The van der Waals surface area contributed by atoms with Gasteiger partial charge in [0.1, 0.15) is 11.6 Å². The van der Waals surface area contributed by atoms with Gasteiger partial charge in [0.15, 0.2) is 11.6 Å². The van der Waals surface area contributed by atoms with Gasteiger partial charge in [-0.05, 0) is 67.4 Å². The average Bonchev–Trinajstić information content (AvgIpc) is 3.53. The fraction of sp³-hybridized carbons (Fsp3) is 0.565. The fourth-order valence-electron chi connectivity index (χ4n) is 5.00. The first-order chi connectivity index (χ1) is 14.4. The molecule has 3 aliphatic carbocycles. The summed E-state index contributed by atoms with van der Waals surface area (Å²) in [5.74, 6) is -1.50. The van der Waals surface area contributed by atoms with E-state index in [-0.39, 0.29) is 29.2 Å². The van der Waals surface area contributed by atoms with E-state index in [1.807, 2.05) is 0 Å². The van der Waals surface area contributed by atoms with Crippen LogP contribution in [0.25, 0.3) is 0 Å². The first kappa shape index (κ1) is 19.6. The molecule has 0 spiro atoms. The lowest BCUT2D eigenvalue weighted by atomic mass is 9.79. The Bertz CT molecular complexity index is 1000. The minimum Gasteiger partial charge on any atom is -0.311 e. The van der Waals surface area contributed by atoms with Crippen LogP contribution in [0.15, 0.2) is 12.1 Å². The van der Waals surface area contributed by atoms with E-state index in [4.69, 9.17) is 0 Å². The molecule has 30 heavy (non-hydrogen) atoms. The first-order valence-corrected chi connectivity index (χ1v) is 10.9. The van der Waals surface area contributed by atoms with Crippen LogP contribution in [0.4, 0.5) is 19.0 Å². The van der Waals surface area contributed by atoms with Gasteiger partial charge < -0.3 is 5.32 Å². The number of benzene rings is 1. The number of nitrogens with zero attached hydrogens (tertiary/aromatic N) is 2. The van der Waals surface area contributed by atoms with Crippen LogP contribution in [-0.4, -0.2) is 15.7 Å². The lowest BCUT2D eigenvalue weighted by molar-refractivity contribution is -0.117. The Morgan fingerprint density at radius 2 is 1.93 bits per heavy atom. The zero-order valence-electron chi connectivity index (χ0n) is 17.1. The molecule has 3 saturated carbocycles. The van der Waals surface area contributed by atoms with Crippen molar-refractivity contribution in [3.05, 3.63) is 46.4 Å². The SMILES string of the molecule is Cn1nc(Cc2cc(F)cc(F)c2F)c(C2CCC2)c1NC(=O)CC1(C2CC2)CC1. The molecule has 0 saturated heterocycles. The summed E-state index contributed by atoms with van der Waals surface area (Å²) in [6, 6.07) is 1.56. The Kier molecular flexibility index (Phi) is 4.67. The van der Waals surface area contributed by atoms with E-state index in [0.717, 1.165) is 43.7 Å². The van der Waals surface area contributed by atoms with Crippen molar-refractivity contribution in [2.45, 2.75) is 63.7 Å². The van der Waals surface area contributed by atoms with Gasteiger partial charge in [0.25, 0.3) is 0 Å². The van der Waals surface area contributed by atoms with E-state index in [9.17, 15) is 18.0 Å². The van der Waals surface area contributed by atoms with E-state index in [1.165, 1.54) is 12.8 Å². The number of hydrogen-bond donors (Lipinski definition) is 1. The summed E-state index contributed by atoms with van der Waals surface area (Å²) in [6.45, 7) is 0. The number of carbonyl (C=O) groups is 1. The number of aryl methyl sites for hydroxylation is 1. The molecule has 4 nitrogen and oxygen atoms in total. The molecule has 0 radical (unpaired) electrons. The Hall–Kier alpha value is -2.31. The molecule has 3 fully saturated rings. The number of rotatable bonds is 7. The van der Waals surface area contributed by atoms with Gasteiger partial charge in [0, 0.05) is 31.5 Å². The molecule has 1 heterocycles. The summed E-state index contributed by atoms with van der Waals surface area (Å²) in [7, 11) is 1.75. The van der Waals surface area contributed by atoms with Crippen molar-refractivity contribution in [3.63, 3.8) is 0 Å². The highest BCUT2D eigenvalue weighted by molar-refractivity contribution is 5.91. The second-order valence-electron chi connectivity index (χ2n) is 9.36. The highest BCUT2D eigenvalue weighted by atomic mass is 19.2. The average molecular weight is 417 g/mol. The third kappa shape index (κ3) is 3.52. The van der Waals surface area contributed by atoms with Crippen LogP contribution in [0.3, 0.4) is 0 Å². The molecule has 0 bridgehead atoms. The van der Waals surface area contributed by atoms with Crippen LogP contribution < -0.4 is 5.32 Å². The maximum Gasteiger partial charge on any atom is 0.226 e. The third-order valence-electron chi connectivity index (χ3n) is 7.21. The van der Waals surface area contributed by atoms with Crippen LogP contribution in [0, 0.1) is 28.8 Å². The number of nitrogens with one attached hydrogen (secondary N) is 1. The number of carbonyl (C=O) groups excluding carboxylic acids is 1. The van der Waals surface area contributed by atoms with Gasteiger partial charge in [-0.3, -0.25) is 9.48 Å². The topological polar surface area (TPSA) is 46.9 Å². The summed E-state index contributed by atoms with van der Waals surface area (Å²) < 4.78 is 43.2. The van der Waals surface area contributed by atoms with Crippen molar-refractivity contribution in [1.29, 1.82) is 0 Å². The molecule has 5 rings (SSSR count). The fourth-order valence-corrected chi connectivity index (χ4v) is 5.00. The molecule has 1 amide bonds. The van der Waals surface area contributed by atoms with Crippen molar-refractivity contribution in [2.75, 3.05) is 5.32 Å². The van der Waals surface area contributed by atoms with Crippen LogP contribution >= 0.6 is 0 Å². The van der Waals surface area contributed by atoms with E-state index >= 15 is 0 Å². The smallest absolute Gasteiger partial charge is 0.226 e. The van der Waals surface area contributed by atoms with Gasteiger partial charge in [-0.15, -0.1) is 0 Å². The second-order valence-corrected chi connectivity index (χ2v) is 9.36. The van der Waals surface area contributed by atoms with E-state index in [0.29, 0.717) is 29.9 Å². The Labute approximate surface area is 173 Å². The van der Waals surface area contributed by atoms with Crippen LogP contribution in [0.2, 0.25) is 0 Å². The molecule has 160 valence electrons. The molecule has 0 atom stereocenters.